The number of benzene rings is 1. The zero-order valence-electron chi connectivity index (χ0n) is 21.3. The first-order valence-electron chi connectivity index (χ1n) is 11.9. The summed E-state index contributed by atoms with van der Waals surface area (Å²) < 4.78 is 13.2. The average Bonchev–Trinajstić information content (AvgIpc) is 3.45. The Labute approximate surface area is 229 Å². The molecular formula is C25H32Cl2N6O3S. The lowest BCUT2D eigenvalue weighted by molar-refractivity contribution is -0.118. The zero-order chi connectivity index (χ0) is 27.1. The number of hydrogen-bond acceptors (Lipinski definition) is 5. The van der Waals surface area contributed by atoms with Gasteiger partial charge in [0.1, 0.15) is 16.6 Å². The molecule has 200 valence electrons. The smallest absolute Gasteiger partial charge is 0.270 e. The molecule has 0 aliphatic rings. The molecule has 1 aromatic carbocycles. The number of carbonyl (C=O) groups excluding carboxylic acids is 2. The van der Waals surface area contributed by atoms with Crippen LogP contribution in [0.2, 0.25) is 0 Å². The molecule has 2 heterocycles. The van der Waals surface area contributed by atoms with Crippen LogP contribution < -0.4 is 10.6 Å². The molecule has 0 fully saturated rings. The quantitative estimate of drug-likeness (QED) is 0.278. The average molecular weight is 568 g/mol. The number of rotatable bonds is 12. The molecule has 2 aromatic heterocycles. The molecule has 0 aliphatic carbocycles. The van der Waals surface area contributed by atoms with Gasteiger partial charge in [-0.1, -0.05) is 12.1 Å². The van der Waals surface area contributed by atoms with Crippen LogP contribution in [-0.2, 0) is 15.6 Å². The van der Waals surface area contributed by atoms with Crippen molar-refractivity contribution in [2.75, 3.05) is 17.3 Å². The molecule has 3 aromatic rings. The first-order chi connectivity index (χ1) is 17.6. The molecule has 0 saturated carbocycles. The van der Waals surface area contributed by atoms with Crippen molar-refractivity contribution in [1.82, 2.24) is 25.3 Å². The van der Waals surface area contributed by atoms with Crippen LogP contribution in [0.3, 0.4) is 0 Å². The summed E-state index contributed by atoms with van der Waals surface area (Å²) in [5, 5.41) is 17.1. The number of amides is 2. The molecule has 0 spiro atoms. The largest absolute Gasteiger partial charge is 0.339 e. The van der Waals surface area contributed by atoms with Crippen LogP contribution in [0.15, 0.2) is 36.5 Å². The number of aryl methyl sites for hydroxylation is 2. The third kappa shape index (κ3) is 7.90. The van der Waals surface area contributed by atoms with E-state index in [0.29, 0.717) is 36.4 Å². The Balaban J connectivity index is 1.74. The summed E-state index contributed by atoms with van der Waals surface area (Å²) in [6.45, 7) is 5.73. The molecule has 0 aliphatic heterocycles. The van der Waals surface area contributed by atoms with Crippen LogP contribution in [0, 0.1) is 13.8 Å². The van der Waals surface area contributed by atoms with Gasteiger partial charge < -0.3 is 10.6 Å². The van der Waals surface area contributed by atoms with E-state index in [-0.39, 0.29) is 11.9 Å². The summed E-state index contributed by atoms with van der Waals surface area (Å²) in [5.74, 6) is -0.445. The summed E-state index contributed by atoms with van der Waals surface area (Å²) in [4.78, 5) is 25.8. The van der Waals surface area contributed by atoms with E-state index < -0.39 is 27.6 Å². The number of halogens is 2. The lowest BCUT2D eigenvalue weighted by Crippen LogP contribution is -2.44. The van der Waals surface area contributed by atoms with E-state index in [0.717, 1.165) is 22.5 Å². The minimum Gasteiger partial charge on any atom is -0.339 e. The molecule has 3 rings (SSSR count). The lowest BCUT2D eigenvalue weighted by atomic mass is 10.0. The molecular weight excluding hydrogens is 535 g/mol. The Morgan fingerprint density at radius 3 is 2.43 bits per heavy atom. The molecule has 3 atom stereocenters. The number of nitrogens with zero attached hydrogens (tertiary/aromatic N) is 3. The van der Waals surface area contributed by atoms with Gasteiger partial charge in [0.05, 0.1) is 11.7 Å². The second-order valence-electron chi connectivity index (χ2n) is 8.97. The zero-order valence-corrected chi connectivity index (χ0v) is 23.6. The first-order valence-corrected chi connectivity index (χ1v) is 14.5. The third-order valence-corrected chi connectivity index (χ3v) is 7.29. The fourth-order valence-electron chi connectivity index (χ4n) is 4.16. The van der Waals surface area contributed by atoms with E-state index in [1.165, 1.54) is 10.9 Å². The number of aromatic amines is 1. The molecule has 2 unspecified atom stereocenters. The first kappa shape index (κ1) is 28.9. The summed E-state index contributed by atoms with van der Waals surface area (Å²) in [6, 6.07) is 7.96. The van der Waals surface area contributed by atoms with Gasteiger partial charge in [-0.05, 0) is 63.8 Å². The Hall–Kier alpha value is -2.69. The van der Waals surface area contributed by atoms with E-state index >= 15 is 0 Å². The van der Waals surface area contributed by atoms with Gasteiger partial charge >= 0.3 is 0 Å². The van der Waals surface area contributed by atoms with Crippen LogP contribution in [0.1, 0.15) is 54.1 Å². The Morgan fingerprint density at radius 2 is 1.84 bits per heavy atom. The van der Waals surface area contributed by atoms with Crippen LogP contribution in [-0.4, -0.2) is 58.9 Å². The van der Waals surface area contributed by atoms with E-state index in [9.17, 15) is 13.8 Å². The second-order valence-corrected chi connectivity index (χ2v) is 11.7. The van der Waals surface area contributed by atoms with Gasteiger partial charge in [0.2, 0.25) is 5.91 Å². The van der Waals surface area contributed by atoms with Gasteiger partial charge in [0, 0.05) is 45.9 Å². The van der Waals surface area contributed by atoms with Crippen molar-refractivity contribution in [1.29, 1.82) is 0 Å². The summed E-state index contributed by atoms with van der Waals surface area (Å²) >= 11 is 11.7. The number of carbonyl (C=O) groups is 2. The van der Waals surface area contributed by atoms with E-state index in [1.54, 1.807) is 12.3 Å². The summed E-state index contributed by atoms with van der Waals surface area (Å²) in [6.07, 6.45) is 4.49. The van der Waals surface area contributed by atoms with Crippen LogP contribution >= 0.6 is 23.2 Å². The van der Waals surface area contributed by atoms with Crippen molar-refractivity contribution < 1.29 is 13.8 Å². The van der Waals surface area contributed by atoms with Gasteiger partial charge in [-0.2, -0.15) is 10.2 Å². The van der Waals surface area contributed by atoms with Crippen LogP contribution in [0.25, 0.3) is 11.1 Å². The number of aromatic nitrogens is 4. The minimum absolute atomic E-state index is 0.247. The van der Waals surface area contributed by atoms with Crippen molar-refractivity contribution in [2.24, 2.45) is 0 Å². The molecule has 3 N–H and O–H groups in total. The Morgan fingerprint density at radius 1 is 1.14 bits per heavy atom. The highest BCUT2D eigenvalue weighted by Crippen LogP contribution is 2.26. The van der Waals surface area contributed by atoms with E-state index in [2.05, 4.69) is 25.9 Å². The van der Waals surface area contributed by atoms with Gasteiger partial charge in [0.25, 0.3) is 5.91 Å². The molecule has 0 radical (unpaired) electrons. The lowest BCUT2D eigenvalue weighted by Gasteiger charge is -2.20. The molecule has 0 bridgehead atoms. The fourth-order valence-corrected chi connectivity index (χ4v) is 5.29. The fraction of sp³-hybridized carbons (Fsp3) is 0.440. The van der Waals surface area contributed by atoms with Crippen LogP contribution in [0.4, 0.5) is 5.69 Å². The molecule has 9 nitrogen and oxygen atoms in total. The van der Waals surface area contributed by atoms with Crippen molar-refractivity contribution in [2.45, 2.75) is 57.0 Å². The van der Waals surface area contributed by atoms with Crippen molar-refractivity contribution in [3.8, 4) is 11.1 Å². The van der Waals surface area contributed by atoms with Gasteiger partial charge in [-0.3, -0.25) is 23.6 Å². The SMILES string of the molecule is Cc1n[nH]c(C)c1-c1ccc(NC(=O)[C@H](CCCC(Cl)Cl)NC(=O)c2ccnn2C(C)CS(C)=O)cc1. The Kier molecular flexibility index (Phi) is 10.3. The highest BCUT2D eigenvalue weighted by Gasteiger charge is 2.25. The number of hydrogen-bond donors (Lipinski definition) is 3. The molecule has 0 saturated heterocycles. The summed E-state index contributed by atoms with van der Waals surface area (Å²) in [7, 11) is -1.05. The predicted octanol–water partition coefficient (Wildman–Crippen LogP) is 4.54. The Bertz CT molecular complexity index is 1220. The number of anilines is 1. The van der Waals surface area contributed by atoms with Gasteiger partial charge in [-0.15, -0.1) is 23.2 Å². The van der Waals surface area contributed by atoms with Crippen molar-refractivity contribution in [3.63, 3.8) is 0 Å². The highest BCUT2D eigenvalue weighted by molar-refractivity contribution is 7.84. The second kappa shape index (κ2) is 13.2. The standard InChI is InChI=1S/C25H32Cl2N6O3S/c1-15(14-37(4)36)33-21(12-13-28-33)25(35)30-20(6-5-7-22(26)27)24(34)29-19-10-8-18(9-11-19)23-16(2)31-32-17(23)3/h8-13,15,20,22H,5-7,14H2,1-4H3,(H,29,34)(H,30,35)(H,31,32)/t15?,20-,37?/m0/s1. The number of alkyl halides is 2. The topological polar surface area (TPSA) is 122 Å². The number of H-pyrrole nitrogens is 1. The highest BCUT2D eigenvalue weighted by atomic mass is 35.5. The predicted molar refractivity (Wildman–Crippen MR) is 149 cm³/mol. The van der Waals surface area contributed by atoms with Crippen molar-refractivity contribution >= 4 is 51.5 Å². The summed E-state index contributed by atoms with van der Waals surface area (Å²) in [5.41, 5.74) is 4.76. The van der Waals surface area contributed by atoms with Crippen molar-refractivity contribution in [3.05, 3.63) is 53.6 Å². The normalized spacial score (nSPS) is 13.8. The minimum atomic E-state index is -1.05. The van der Waals surface area contributed by atoms with Gasteiger partial charge in [0.15, 0.2) is 0 Å². The maximum absolute atomic E-state index is 13.2. The molecule has 37 heavy (non-hydrogen) atoms. The maximum atomic E-state index is 13.2. The monoisotopic (exact) mass is 566 g/mol. The maximum Gasteiger partial charge on any atom is 0.270 e. The van der Waals surface area contributed by atoms with E-state index in [1.807, 2.05) is 45.0 Å². The molecule has 2 amide bonds. The van der Waals surface area contributed by atoms with Crippen LogP contribution in [0.5, 0.6) is 0 Å². The molecule has 12 heteroatoms. The number of nitrogens with one attached hydrogen (secondary N) is 3. The van der Waals surface area contributed by atoms with Gasteiger partial charge in [-0.25, -0.2) is 0 Å². The van der Waals surface area contributed by atoms with E-state index in [4.69, 9.17) is 23.2 Å². The third-order valence-electron chi connectivity index (χ3n) is 5.90.